The van der Waals surface area contributed by atoms with Crippen molar-refractivity contribution in [2.45, 2.75) is 30.6 Å². The molecule has 0 aromatic carbocycles. The summed E-state index contributed by atoms with van der Waals surface area (Å²) in [7, 11) is -1.26. The highest BCUT2D eigenvalue weighted by Gasteiger charge is 2.43. The van der Waals surface area contributed by atoms with E-state index in [0.717, 1.165) is 44.6 Å². The lowest BCUT2D eigenvalue weighted by molar-refractivity contribution is -0.0121. The SMILES string of the molecule is CN=C(NCC1(N2CCOCC2)CCSC1)N1CCS(=O)(=O)C(C)(C)C1. The predicted molar refractivity (Wildman–Crippen MR) is 108 cm³/mol. The first-order valence-corrected chi connectivity index (χ1v) is 12.2. The molecule has 0 radical (unpaired) electrons. The third-order valence-corrected chi connectivity index (χ3v) is 9.66. The van der Waals surface area contributed by atoms with Gasteiger partial charge in [-0.3, -0.25) is 9.89 Å². The lowest BCUT2D eigenvalue weighted by Crippen LogP contribution is -2.62. The van der Waals surface area contributed by atoms with Crippen molar-refractivity contribution in [3.05, 3.63) is 0 Å². The zero-order valence-electron chi connectivity index (χ0n) is 16.2. The first-order valence-electron chi connectivity index (χ1n) is 9.38. The number of hydrogen-bond acceptors (Lipinski definition) is 6. The van der Waals surface area contributed by atoms with Gasteiger partial charge in [-0.25, -0.2) is 8.42 Å². The average molecular weight is 405 g/mol. The van der Waals surface area contributed by atoms with Crippen LogP contribution in [0.15, 0.2) is 4.99 Å². The molecule has 0 aliphatic carbocycles. The molecule has 0 aromatic rings. The molecule has 7 nitrogen and oxygen atoms in total. The largest absolute Gasteiger partial charge is 0.379 e. The van der Waals surface area contributed by atoms with E-state index in [9.17, 15) is 8.42 Å². The van der Waals surface area contributed by atoms with Gasteiger partial charge in [0.2, 0.25) is 0 Å². The predicted octanol–water partition coefficient (Wildman–Crippen LogP) is 0.279. The summed E-state index contributed by atoms with van der Waals surface area (Å²) in [4.78, 5) is 9.11. The van der Waals surface area contributed by atoms with E-state index in [1.165, 1.54) is 12.2 Å². The van der Waals surface area contributed by atoms with Crippen molar-refractivity contribution in [2.75, 3.05) is 70.2 Å². The summed E-state index contributed by atoms with van der Waals surface area (Å²) >= 11 is 2.01. The monoisotopic (exact) mass is 404 g/mol. The van der Waals surface area contributed by atoms with Gasteiger partial charge in [0.1, 0.15) is 0 Å². The van der Waals surface area contributed by atoms with Gasteiger partial charge in [0.25, 0.3) is 0 Å². The highest BCUT2D eigenvalue weighted by Crippen LogP contribution is 2.33. The van der Waals surface area contributed by atoms with Crippen LogP contribution >= 0.6 is 11.8 Å². The molecule has 0 amide bonds. The highest BCUT2D eigenvalue weighted by molar-refractivity contribution is 7.99. The van der Waals surface area contributed by atoms with E-state index in [2.05, 4.69) is 20.1 Å². The molecule has 3 saturated heterocycles. The van der Waals surface area contributed by atoms with Crippen molar-refractivity contribution in [1.82, 2.24) is 15.1 Å². The van der Waals surface area contributed by atoms with Gasteiger partial charge in [0.05, 0.1) is 23.7 Å². The van der Waals surface area contributed by atoms with Gasteiger partial charge in [0, 0.05) is 51.1 Å². The van der Waals surface area contributed by atoms with Gasteiger partial charge in [0.15, 0.2) is 15.8 Å². The standard InChI is InChI=1S/C17H32N4O3S2/c1-16(2)13-20(7-11-26(16,22)23)15(18-3)19-12-17(4-10-25-14-17)21-5-8-24-9-6-21/h4-14H2,1-3H3,(H,18,19). The number of aliphatic imine (C=N–C) groups is 1. The molecule has 1 unspecified atom stereocenters. The molecule has 0 aromatic heterocycles. The summed E-state index contributed by atoms with van der Waals surface area (Å²) < 4.78 is 29.3. The number of morpholine rings is 1. The first kappa shape index (κ1) is 20.2. The summed E-state index contributed by atoms with van der Waals surface area (Å²) in [5, 5.41) is 3.57. The Morgan fingerprint density at radius 3 is 2.58 bits per heavy atom. The van der Waals surface area contributed by atoms with E-state index in [4.69, 9.17) is 4.74 Å². The Labute approximate surface area is 161 Å². The van der Waals surface area contributed by atoms with Crippen LogP contribution < -0.4 is 5.32 Å². The van der Waals surface area contributed by atoms with Crippen LogP contribution in [0.1, 0.15) is 20.3 Å². The molecule has 3 heterocycles. The minimum Gasteiger partial charge on any atom is -0.379 e. The summed E-state index contributed by atoms with van der Waals surface area (Å²) in [6.07, 6.45) is 1.17. The van der Waals surface area contributed by atoms with Gasteiger partial charge in [-0.15, -0.1) is 0 Å². The van der Waals surface area contributed by atoms with Crippen molar-refractivity contribution in [3.63, 3.8) is 0 Å². The van der Waals surface area contributed by atoms with E-state index in [0.29, 0.717) is 13.1 Å². The summed E-state index contributed by atoms with van der Waals surface area (Å²) in [5.74, 6) is 3.31. The minimum atomic E-state index is -3.05. The second-order valence-corrected chi connectivity index (χ2v) is 11.9. The van der Waals surface area contributed by atoms with E-state index < -0.39 is 14.6 Å². The van der Waals surface area contributed by atoms with Gasteiger partial charge >= 0.3 is 0 Å². The molecular formula is C17H32N4O3S2. The second kappa shape index (κ2) is 7.85. The number of guanidine groups is 1. The van der Waals surface area contributed by atoms with Crippen molar-refractivity contribution < 1.29 is 13.2 Å². The molecule has 3 aliphatic heterocycles. The molecule has 0 saturated carbocycles. The van der Waals surface area contributed by atoms with Crippen molar-refractivity contribution in [1.29, 1.82) is 0 Å². The lowest BCUT2D eigenvalue weighted by atomic mass is 9.95. The third-order valence-electron chi connectivity index (χ3n) is 5.89. The number of hydrogen-bond donors (Lipinski definition) is 1. The van der Waals surface area contributed by atoms with Crippen LogP contribution in [0, 0.1) is 0 Å². The van der Waals surface area contributed by atoms with Crippen LogP contribution in [0.3, 0.4) is 0 Å². The van der Waals surface area contributed by atoms with Gasteiger partial charge in [-0.1, -0.05) is 0 Å². The van der Waals surface area contributed by atoms with Crippen LogP contribution in [0.5, 0.6) is 0 Å². The maximum absolute atomic E-state index is 12.3. The number of ether oxygens (including phenoxy) is 1. The molecule has 1 atom stereocenters. The Morgan fingerprint density at radius 1 is 1.27 bits per heavy atom. The molecule has 9 heteroatoms. The van der Waals surface area contributed by atoms with Crippen LogP contribution in [-0.4, -0.2) is 105 Å². The molecule has 150 valence electrons. The van der Waals surface area contributed by atoms with Crippen molar-refractivity contribution in [3.8, 4) is 0 Å². The van der Waals surface area contributed by atoms with Crippen LogP contribution in [0.4, 0.5) is 0 Å². The normalized spacial score (nSPS) is 32.6. The first-order chi connectivity index (χ1) is 12.3. The van der Waals surface area contributed by atoms with E-state index in [1.54, 1.807) is 7.05 Å². The fraction of sp³-hybridized carbons (Fsp3) is 0.941. The molecule has 0 spiro atoms. The zero-order valence-corrected chi connectivity index (χ0v) is 17.8. The Morgan fingerprint density at radius 2 is 2.00 bits per heavy atom. The van der Waals surface area contributed by atoms with Crippen LogP contribution in [0.2, 0.25) is 0 Å². The quantitative estimate of drug-likeness (QED) is 0.535. The Balaban J connectivity index is 1.66. The summed E-state index contributed by atoms with van der Waals surface area (Å²) in [6.45, 7) is 9.02. The van der Waals surface area contributed by atoms with Crippen LogP contribution in [-0.2, 0) is 14.6 Å². The number of nitrogens with one attached hydrogen (secondary N) is 1. The topological polar surface area (TPSA) is 74.2 Å². The van der Waals surface area contributed by atoms with Crippen molar-refractivity contribution in [2.24, 2.45) is 4.99 Å². The maximum atomic E-state index is 12.3. The molecule has 0 bridgehead atoms. The average Bonchev–Trinajstić information content (AvgIpc) is 3.09. The van der Waals surface area contributed by atoms with Gasteiger partial charge < -0.3 is 15.0 Å². The third kappa shape index (κ3) is 4.00. The second-order valence-electron chi connectivity index (χ2n) is 8.03. The van der Waals surface area contributed by atoms with E-state index >= 15 is 0 Å². The minimum absolute atomic E-state index is 0.141. The molecule has 26 heavy (non-hydrogen) atoms. The number of sulfone groups is 1. The summed E-state index contributed by atoms with van der Waals surface area (Å²) in [5.41, 5.74) is 0.141. The Bertz CT molecular complexity index is 624. The maximum Gasteiger partial charge on any atom is 0.193 e. The summed E-state index contributed by atoms with van der Waals surface area (Å²) in [6, 6.07) is 0. The lowest BCUT2D eigenvalue weighted by Gasteiger charge is -2.44. The van der Waals surface area contributed by atoms with Gasteiger partial charge in [-0.05, 0) is 26.0 Å². The number of nitrogens with zero attached hydrogens (tertiary/aromatic N) is 3. The van der Waals surface area contributed by atoms with Crippen molar-refractivity contribution >= 4 is 27.6 Å². The molecule has 1 N–H and O–H groups in total. The fourth-order valence-electron chi connectivity index (χ4n) is 4.04. The Hall–Kier alpha value is -0.510. The van der Waals surface area contributed by atoms with E-state index in [1.807, 2.05) is 25.6 Å². The highest BCUT2D eigenvalue weighted by atomic mass is 32.2. The smallest absolute Gasteiger partial charge is 0.193 e. The molecule has 3 fully saturated rings. The number of thioether (sulfide) groups is 1. The van der Waals surface area contributed by atoms with Crippen LogP contribution in [0.25, 0.3) is 0 Å². The number of rotatable bonds is 3. The molecule has 3 rings (SSSR count). The van der Waals surface area contributed by atoms with Gasteiger partial charge in [-0.2, -0.15) is 11.8 Å². The molecular weight excluding hydrogens is 372 g/mol. The zero-order chi connectivity index (χ0) is 18.8. The van der Waals surface area contributed by atoms with E-state index in [-0.39, 0.29) is 11.3 Å². The molecule has 3 aliphatic rings. The Kier molecular flexibility index (Phi) is 6.11. The fourth-order valence-corrected chi connectivity index (χ4v) is 6.88.